The van der Waals surface area contributed by atoms with Crippen molar-refractivity contribution in [3.63, 3.8) is 0 Å². The number of unbranched alkanes of at least 4 members (excludes halogenated alkanes) is 2. The van der Waals surface area contributed by atoms with Crippen LogP contribution in [0.4, 0.5) is 4.79 Å². The molecule has 0 aliphatic carbocycles. The van der Waals surface area contributed by atoms with Crippen molar-refractivity contribution in [1.29, 1.82) is 0 Å². The van der Waals surface area contributed by atoms with E-state index in [1.54, 1.807) is 20.9 Å². The van der Waals surface area contributed by atoms with Crippen LogP contribution in [0.3, 0.4) is 0 Å². The van der Waals surface area contributed by atoms with Crippen molar-refractivity contribution >= 4 is 15.9 Å². The number of nitrogens with one attached hydrogen (secondary N) is 1. The van der Waals surface area contributed by atoms with Crippen LogP contribution in [-0.2, 0) is 9.84 Å². The molecule has 108 valence electrons. The Morgan fingerprint density at radius 3 is 2.28 bits per heavy atom. The molecule has 0 bridgehead atoms. The van der Waals surface area contributed by atoms with Crippen molar-refractivity contribution in [3.05, 3.63) is 0 Å². The van der Waals surface area contributed by atoms with Gasteiger partial charge in [-0.25, -0.2) is 13.2 Å². The minimum absolute atomic E-state index is 0.214. The van der Waals surface area contributed by atoms with Gasteiger partial charge in [0.2, 0.25) is 0 Å². The molecule has 0 unspecified atom stereocenters. The first-order valence-electron chi connectivity index (χ1n) is 6.41. The van der Waals surface area contributed by atoms with Crippen LogP contribution in [0.5, 0.6) is 0 Å². The topological polar surface area (TPSA) is 66.5 Å². The van der Waals surface area contributed by atoms with E-state index in [0.29, 0.717) is 6.54 Å². The van der Waals surface area contributed by atoms with Crippen molar-refractivity contribution in [2.45, 2.75) is 51.3 Å². The lowest BCUT2D eigenvalue weighted by molar-refractivity contribution is 0.193. The van der Waals surface area contributed by atoms with E-state index in [4.69, 9.17) is 0 Å². The van der Waals surface area contributed by atoms with Crippen LogP contribution in [-0.4, -0.2) is 50.5 Å². The smallest absolute Gasteiger partial charge is 0.317 e. The molecule has 0 aromatic carbocycles. The van der Waals surface area contributed by atoms with Gasteiger partial charge < -0.3 is 10.2 Å². The summed E-state index contributed by atoms with van der Waals surface area (Å²) in [6, 6.07) is -0.555. The first kappa shape index (κ1) is 17.2. The minimum atomic E-state index is -3.13. The van der Waals surface area contributed by atoms with Crippen LogP contribution in [0.25, 0.3) is 0 Å². The Morgan fingerprint density at radius 2 is 1.83 bits per heavy atom. The largest absolute Gasteiger partial charge is 0.338 e. The maximum atomic E-state index is 11.8. The van der Waals surface area contributed by atoms with Gasteiger partial charge in [0.15, 0.2) is 9.84 Å². The molecule has 0 aromatic heterocycles. The number of rotatable bonds is 7. The lowest BCUT2D eigenvalue weighted by Gasteiger charge is -2.29. The number of hydrogen-bond donors (Lipinski definition) is 1. The Bertz CT molecular complexity index is 354. The average Bonchev–Trinajstić information content (AvgIpc) is 2.30. The van der Waals surface area contributed by atoms with Crippen molar-refractivity contribution in [3.8, 4) is 0 Å². The van der Waals surface area contributed by atoms with Gasteiger partial charge in [0.25, 0.3) is 0 Å². The summed E-state index contributed by atoms with van der Waals surface area (Å²) in [5.74, 6) is 0. The van der Waals surface area contributed by atoms with Crippen LogP contribution in [0.2, 0.25) is 0 Å². The SMILES string of the molecule is CCCCCNC(=O)N(C)[C@H](C)[C@@H](C)S(C)(=O)=O. The van der Waals surface area contributed by atoms with Gasteiger partial charge in [-0.15, -0.1) is 0 Å². The summed E-state index contributed by atoms with van der Waals surface area (Å²) in [4.78, 5) is 13.3. The summed E-state index contributed by atoms with van der Waals surface area (Å²) >= 11 is 0. The highest BCUT2D eigenvalue weighted by Gasteiger charge is 2.27. The van der Waals surface area contributed by atoms with Gasteiger partial charge in [-0.1, -0.05) is 19.8 Å². The summed E-state index contributed by atoms with van der Waals surface area (Å²) in [7, 11) is -1.50. The number of carbonyl (C=O) groups excluding carboxylic acids is 1. The zero-order chi connectivity index (χ0) is 14.3. The average molecular weight is 278 g/mol. The zero-order valence-corrected chi connectivity index (χ0v) is 12.9. The molecule has 5 nitrogen and oxygen atoms in total. The molecule has 0 aliphatic heterocycles. The van der Waals surface area contributed by atoms with E-state index >= 15 is 0 Å². The fraction of sp³-hybridized carbons (Fsp3) is 0.917. The molecule has 2 atom stereocenters. The van der Waals surface area contributed by atoms with Crippen LogP contribution >= 0.6 is 0 Å². The van der Waals surface area contributed by atoms with Crippen molar-refractivity contribution in [2.75, 3.05) is 19.8 Å². The molecule has 0 spiro atoms. The first-order valence-corrected chi connectivity index (χ1v) is 8.36. The maximum absolute atomic E-state index is 11.8. The first-order chi connectivity index (χ1) is 8.21. The molecule has 0 rings (SSSR count). The molecular formula is C12H26N2O3S. The third-order valence-corrected chi connectivity index (χ3v) is 5.09. The Hall–Kier alpha value is -0.780. The Morgan fingerprint density at radius 1 is 1.28 bits per heavy atom. The third-order valence-electron chi connectivity index (χ3n) is 3.34. The van der Waals surface area contributed by atoms with Crippen molar-refractivity contribution in [1.82, 2.24) is 10.2 Å². The van der Waals surface area contributed by atoms with E-state index in [1.165, 1.54) is 11.2 Å². The number of urea groups is 1. The molecular weight excluding hydrogens is 252 g/mol. The van der Waals surface area contributed by atoms with Crippen LogP contribution in [0.15, 0.2) is 0 Å². The summed E-state index contributed by atoms with van der Waals surface area (Å²) < 4.78 is 22.9. The number of nitrogens with zero attached hydrogens (tertiary/aromatic N) is 1. The fourth-order valence-electron chi connectivity index (χ4n) is 1.55. The Kier molecular flexibility index (Phi) is 7.28. The second-order valence-electron chi connectivity index (χ2n) is 4.83. The standard InChI is InChI=1S/C12H26N2O3S/c1-6-7-8-9-13-12(15)14(4)10(2)11(3)18(5,16)17/h10-11H,6-9H2,1-5H3,(H,13,15)/t10-,11-/m1/s1. The normalized spacial score (nSPS) is 14.9. The molecule has 6 heteroatoms. The Labute approximate surface area is 111 Å². The Balaban J connectivity index is 4.29. The lowest BCUT2D eigenvalue weighted by atomic mass is 10.2. The number of hydrogen-bond acceptors (Lipinski definition) is 3. The number of carbonyl (C=O) groups is 1. The van der Waals surface area contributed by atoms with Crippen LogP contribution in [0.1, 0.15) is 40.0 Å². The molecule has 0 aromatic rings. The number of sulfone groups is 1. The fourth-order valence-corrected chi connectivity index (χ4v) is 2.45. The van der Waals surface area contributed by atoms with Gasteiger partial charge in [-0.05, 0) is 20.3 Å². The molecule has 18 heavy (non-hydrogen) atoms. The van der Waals surface area contributed by atoms with E-state index in [2.05, 4.69) is 12.2 Å². The highest BCUT2D eigenvalue weighted by molar-refractivity contribution is 7.91. The molecule has 0 saturated heterocycles. The third kappa shape index (κ3) is 5.71. The van der Waals surface area contributed by atoms with Crippen LogP contribution in [0, 0.1) is 0 Å². The monoisotopic (exact) mass is 278 g/mol. The second kappa shape index (κ2) is 7.61. The summed E-state index contributed by atoms with van der Waals surface area (Å²) in [6.45, 7) is 6.11. The van der Waals surface area contributed by atoms with Gasteiger partial charge in [-0.2, -0.15) is 0 Å². The second-order valence-corrected chi connectivity index (χ2v) is 7.23. The predicted molar refractivity (Wildman–Crippen MR) is 74.5 cm³/mol. The predicted octanol–water partition coefficient (Wildman–Crippen LogP) is 1.64. The van der Waals surface area contributed by atoms with E-state index in [-0.39, 0.29) is 12.1 Å². The van der Waals surface area contributed by atoms with Gasteiger partial charge in [0.1, 0.15) is 0 Å². The van der Waals surface area contributed by atoms with Crippen molar-refractivity contribution < 1.29 is 13.2 Å². The molecule has 2 amide bonds. The maximum Gasteiger partial charge on any atom is 0.317 e. The summed E-state index contributed by atoms with van der Waals surface area (Å²) in [6.07, 6.45) is 4.33. The zero-order valence-electron chi connectivity index (χ0n) is 12.1. The van der Waals surface area contributed by atoms with Gasteiger partial charge in [0, 0.05) is 25.9 Å². The molecule has 0 heterocycles. The van der Waals surface area contributed by atoms with E-state index < -0.39 is 15.1 Å². The summed E-state index contributed by atoms with van der Waals surface area (Å²) in [5.41, 5.74) is 0. The van der Waals surface area contributed by atoms with Crippen molar-refractivity contribution in [2.24, 2.45) is 0 Å². The van der Waals surface area contributed by atoms with Gasteiger partial charge in [-0.3, -0.25) is 0 Å². The highest BCUT2D eigenvalue weighted by atomic mass is 32.2. The van der Waals surface area contributed by atoms with E-state index in [0.717, 1.165) is 19.3 Å². The molecule has 0 saturated carbocycles. The van der Waals surface area contributed by atoms with E-state index in [9.17, 15) is 13.2 Å². The number of amides is 2. The van der Waals surface area contributed by atoms with E-state index in [1.807, 2.05) is 0 Å². The minimum Gasteiger partial charge on any atom is -0.338 e. The lowest BCUT2D eigenvalue weighted by Crippen LogP contribution is -2.48. The highest BCUT2D eigenvalue weighted by Crippen LogP contribution is 2.10. The summed E-state index contributed by atoms with van der Waals surface area (Å²) in [5, 5.41) is 2.23. The molecule has 0 radical (unpaired) electrons. The van der Waals surface area contributed by atoms with Gasteiger partial charge >= 0.3 is 6.03 Å². The van der Waals surface area contributed by atoms with Gasteiger partial charge in [0.05, 0.1) is 5.25 Å². The molecule has 1 N–H and O–H groups in total. The molecule has 0 aliphatic rings. The van der Waals surface area contributed by atoms with Crippen LogP contribution < -0.4 is 5.32 Å². The molecule has 0 fully saturated rings. The quantitative estimate of drug-likeness (QED) is 0.720.